The minimum Gasteiger partial charge on any atom is -0.444 e. The fraction of sp³-hybridized carbons (Fsp3) is 0.885. The van der Waals surface area contributed by atoms with Gasteiger partial charge in [0.05, 0.1) is 12.6 Å². The molecule has 176 valence electrons. The van der Waals surface area contributed by atoms with Gasteiger partial charge in [-0.15, -0.1) is 0 Å². The van der Waals surface area contributed by atoms with Crippen LogP contribution in [0.15, 0.2) is 12.2 Å². The molecule has 1 saturated heterocycles. The molecule has 0 aromatic rings. The van der Waals surface area contributed by atoms with Crippen molar-refractivity contribution >= 4 is 6.09 Å². The maximum absolute atomic E-state index is 12.6. The zero-order valence-electron chi connectivity index (χ0n) is 20.8. The highest BCUT2D eigenvalue weighted by Crippen LogP contribution is 2.30. The first-order chi connectivity index (χ1) is 14.2. The summed E-state index contributed by atoms with van der Waals surface area (Å²) < 4.78 is 11.4. The molecule has 0 aliphatic carbocycles. The van der Waals surface area contributed by atoms with Crippen LogP contribution in [0, 0.1) is 0 Å². The normalized spacial score (nSPS) is 19.0. The number of nitrogens with zero attached hydrogens (tertiary/aromatic N) is 1. The first-order valence-electron chi connectivity index (χ1n) is 12.5. The largest absolute Gasteiger partial charge is 0.444 e. The molecule has 1 rings (SSSR count). The van der Waals surface area contributed by atoms with E-state index < -0.39 is 11.3 Å². The Kier molecular flexibility index (Phi) is 12.7. The molecule has 0 unspecified atom stereocenters. The fourth-order valence-electron chi connectivity index (χ4n) is 4.00. The van der Waals surface area contributed by atoms with E-state index >= 15 is 0 Å². The van der Waals surface area contributed by atoms with Crippen LogP contribution in [0.25, 0.3) is 0 Å². The number of rotatable bonds is 14. The van der Waals surface area contributed by atoms with Crippen LogP contribution in [-0.2, 0) is 9.47 Å². The van der Waals surface area contributed by atoms with Crippen molar-refractivity contribution in [2.24, 2.45) is 0 Å². The molecule has 1 amide bonds. The molecule has 0 aromatic heterocycles. The number of unbranched alkanes of at least 4 members (excludes halogenated alkanes) is 12. The van der Waals surface area contributed by atoms with Gasteiger partial charge in [0, 0.05) is 0 Å². The Hall–Kier alpha value is -1.03. The standard InChI is InChI=1S/C26H49NO3/c1-7-8-9-10-11-12-13-14-15-16-17-18-19-20-21-23-22-29-26(5,6)27(23)24(28)30-25(2,3)4/h20-21,23H,7-19,22H2,1-6H3/t23-/m1/s1. The van der Waals surface area contributed by atoms with Crippen molar-refractivity contribution in [3.63, 3.8) is 0 Å². The molecule has 0 saturated carbocycles. The second-order valence-electron chi connectivity index (χ2n) is 10.3. The van der Waals surface area contributed by atoms with Gasteiger partial charge in [-0.2, -0.15) is 0 Å². The second-order valence-corrected chi connectivity index (χ2v) is 10.3. The van der Waals surface area contributed by atoms with Crippen LogP contribution in [0.1, 0.15) is 125 Å². The third-order valence-electron chi connectivity index (χ3n) is 5.69. The highest BCUT2D eigenvalue weighted by atomic mass is 16.6. The number of hydrogen-bond acceptors (Lipinski definition) is 3. The average molecular weight is 424 g/mol. The van der Waals surface area contributed by atoms with E-state index in [0.717, 1.165) is 6.42 Å². The molecule has 0 radical (unpaired) electrons. The zero-order chi connectivity index (χ0) is 22.5. The molecule has 4 nitrogen and oxygen atoms in total. The predicted octanol–water partition coefficient (Wildman–Crippen LogP) is 8.01. The predicted molar refractivity (Wildman–Crippen MR) is 127 cm³/mol. The van der Waals surface area contributed by atoms with E-state index in [1.807, 2.05) is 34.6 Å². The Balaban J connectivity index is 2.16. The van der Waals surface area contributed by atoms with Crippen LogP contribution in [0.2, 0.25) is 0 Å². The lowest BCUT2D eigenvalue weighted by Crippen LogP contribution is -2.49. The lowest BCUT2D eigenvalue weighted by molar-refractivity contribution is -0.0610. The summed E-state index contributed by atoms with van der Waals surface area (Å²) in [6.45, 7) is 12.3. The van der Waals surface area contributed by atoms with Gasteiger partial charge in [-0.1, -0.05) is 89.7 Å². The summed E-state index contributed by atoms with van der Waals surface area (Å²) >= 11 is 0. The molecule has 0 N–H and O–H groups in total. The average Bonchev–Trinajstić information content (AvgIpc) is 2.95. The van der Waals surface area contributed by atoms with Crippen LogP contribution in [0.5, 0.6) is 0 Å². The lowest BCUT2D eigenvalue weighted by atomic mass is 10.0. The molecule has 30 heavy (non-hydrogen) atoms. The van der Waals surface area contributed by atoms with E-state index in [-0.39, 0.29) is 12.1 Å². The van der Waals surface area contributed by atoms with Crippen LogP contribution in [0.3, 0.4) is 0 Å². The van der Waals surface area contributed by atoms with Crippen LogP contribution < -0.4 is 0 Å². The number of hydrogen-bond donors (Lipinski definition) is 0. The summed E-state index contributed by atoms with van der Waals surface area (Å²) in [6, 6.07) is -0.0489. The third-order valence-corrected chi connectivity index (χ3v) is 5.69. The number of amides is 1. The summed E-state index contributed by atoms with van der Waals surface area (Å²) in [5.41, 5.74) is -1.13. The topological polar surface area (TPSA) is 38.8 Å². The van der Waals surface area contributed by atoms with Crippen molar-refractivity contribution in [2.45, 2.75) is 142 Å². The number of carbonyl (C=O) groups excluding carboxylic acids is 1. The van der Waals surface area contributed by atoms with Crippen molar-refractivity contribution in [1.82, 2.24) is 4.90 Å². The van der Waals surface area contributed by atoms with Crippen molar-refractivity contribution in [1.29, 1.82) is 0 Å². The van der Waals surface area contributed by atoms with Gasteiger partial charge in [0.25, 0.3) is 0 Å². The van der Waals surface area contributed by atoms with Gasteiger partial charge < -0.3 is 9.47 Å². The van der Waals surface area contributed by atoms with Crippen LogP contribution >= 0.6 is 0 Å². The Morgan fingerprint density at radius 3 is 1.97 bits per heavy atom. The molecule has 0 bridgehead atoms. The third kappa shape index (κ3) is 11.4. The second kappa shape index (κ2) is 14.1. The molecule has 0 aromatic carbocycles. The summed E-state index contributed by atoms with van der Waals surface area (Å²) in [7, 11) is 0. The van der Waals surface area contributed by atoms with E-state index in [4.69, 9.17) is 9.47 Å². The Labute approximate surface area is 186 Å². The van der Waals surface area contributed by atoms with E-state index in [2.05, 4.69) is 19.1 Å². The zero-order valence-corrected chi connectivity index (χ0v) is 20.8. The molecular weight excluding hydrogens is 374 g/mol. The first kappa shape index (κ1) is 27.0. The van der Waals surface area contributed by atoms with Crippen LogP contribution in [0.4, 0.5) is 4.79 Å². The molecule has 0 spiro atoms. The first-order valence-corrected chi connectivity index (χ1v) is 12.5. The quantitative estimate of drug-likeness (QED) is 0.210. The lowest BCUT2D eigenvalue weighted by Gasteiger charge is -2.34. The summed E-state index contributed by atoms with van der Waals surface area (Å²) in [4.78, 5) is 14.4. The van der Waals surface area contributed by atoms with E-state index in [1.165, 1.54) is 77.0 Å². The highest BCUT2D eigenvalue weighted by molar-refractivity contribution is 5.70. The Morgan fingerprint density at radius 1 is 0.967 bits per heavy atom. The molecule has 1 aliphatic heterocycles. The summed E-state index contributed by atoms with van der Waals surface area (Å²) in [5.74, 6) is 0. The fourth-order valence-corrected chi connectivity index (χ4v) is 4.00. The molecular formula is C26H49NO3. The summed E-state index contributed by atoms with van der Waals surface area (Å²) in [5, 5.41) is 0. The van der Waals surface area contributed by atoms with Gasteiger partial charge in [0.1, 0.15) is 11.3 Å². The minimum atomic E-state index is -0.632. The molecule has 1 heterocycles. The number of ether oxygens (including phenoxy) is 2. The Bertz CT molecular complexity index is 493. The van der Waals surface area contributed by atoms with Crippen LogP contribution in [-0.4, -0.2) is 35.0 Å². The smallest absolute Gasteiger partial charge is 0.413 e. The van der Waals surface area contributed by atoms with Crippen molar-refractivity contribution in [3.05, 3.63) is 12.2 Å². The summed E-state index contributed by atoms with van der Waals surface area (Å²) in [6.07, 6.45) is 21.5. The van der Waals surface area contributed by atoms with E-state index in [1.54, 1.807) is 4.90 Å². The number of carbonyl (C=O) groups is 1. The molecule has 1 aliphatic rings. The van der Waals surface area contributed by atoms with Gasteiger partial charge in [0.2, 0.25) is 0 Å². The van der Waals surface area contributed by atoms with Crippen molar-refractivity contribution in [2.75, 3.05) is 6.61 Å². The van der Waals surface area contributed by atoms with E-state index in [0.29, 0.717) is 6.61 Å². The maximum atomic E-state index is 12.6. The van der Waals surface area contributed by atoms with Gasteiger partial charge in [-0.05, 0) is 47.5 Å². The van der Waals surface area contributed by atoms with Crippen molar-refractivity contribution < 1.29 is 14.3 Å². The highest BCUT2D eigenvalue weighted by Gasteiger charge is 2.44. The maximum Gasteiger partial charge on any atom is 0.413 e. The van der Waals surface area contributed by atoms with Gasteiger partial charge in [0.15, 0.2) is 0 Å². The van der Waals surface area contributed by atoms with E-state index in [9.17, 15) is 4.79 Å². The van der Waals surface area contributed by atoms with Gasteiger partial charge in [-0.25, -0.2) is 4.79 Å². The van der Waals surface area contributed by atoms with Gasteiger partial charge >= 0.3 is 6.09 Å². The molecule has 1 atom stereocenters. The monoisotopic (exact) mass is 423 g/mol. The number of allylic oxidation sites excluding steroid dienone is 1. The molecule has 4 heteroatoms. The van der Waals surface area contributed by atoms with Crippen molar-refractivity contribution in [3.8, 4) is 0 Å². The minimum absolute atomic E-state index is 0.0489. The SMILES string of the molecule is CCCCCCCCCCCCCCC=C[C@@H]1COC(C)(C)N1C(=O)OC(C)(C)C. The molecule has 1 fully saturated rings. The van der Waals surface area contributed by atoms with Gasteiger partial charge in [-0.3, -0.25) is 4.90 Å². The Morgan fingerprint density at radius 2 is 1.47 bits per heavy atom.